The lowest BCUT2D eigenvalue weighted by atomic mass is 10.2. The van der Waals surface area contributed by atoms with Crippen molar-refractivity contribution < 1.29 is 4.39 Å². The molecule has 0 amide bonds. The van der Waals surface area contributed by atoms with Crippen molar-refractivity contribution in [3.63, 3.8) is 0 Å². The van der Waals surface area contributed by atoms with Crippen molar-refractivity contribution in [2.75, 3.05) is 0 Å². The first-order chi connectivity index (χ1) is 12.2. The minimum atomic E-state index is -0.254. The lowest BCUT2D eigenvalue weighted by molar-refractivity contribution is 0.628. The summed E-state index contributed by atoms with van der Waals surface area (Å²) in [6, 6.07) is 14.3. The molecule has 0 aliphatic heterocycles. The van der Waals surface area contributed by atoms with Gasteiger partial charge in [0.1, 0.15) is 11.6 Å². The average molecular weight is 332 g/mol. The van der Waals surface area contributed by atoms with Crippen molar-refractivity contribution >= 4 is 11.0 Å². The van der Waals surface area contributed by atoms with E-state index in [1.54, 1.807) is 6.07 Å². The Bertz CT molecular complexity index is 1040. The normalized spacial score (nSPS) is 11.1. The fraction of sp³-hybridized carbons (Fsp3) is 0.150. The van der Waals surface area contributed by atoms with Gasteiger partial charge in [0.15, 0.2) is 0 Å². The molecule has 4 rings (SSSR count). The van der Waals surface area contributed by atoms with Gasteiger partial charge in [0.05, 0.1) is 22.4 Å². The van der Waals surface area contributed by atoms with Gasteiger partial charge in [-0.2, -0.15) is 0 Å². The van der Waals surface area contributed by atoms with Crippen LogP contribution in [0, 0.1) is 5.82 Å². The molecule has 0 unspecified atom stereocenters. The maximum Gasteiger partial charge on any atom is 0.123 e. The SMILES string of the molecule is Cn1cc(-c2cccc(F)c2)nc1CCc1cnc2ccccc2n1. The van der Waals surface area contributed by atoms with Gasteiger partial charge >= 0.3 is 0 Å². The van der Waals surface area contributed by atoms with Crippen LogP contribution in [0.15, 0.2) is 60.9 Å². The highest BCUT2D eigenvalue weighted by atomic mass is 19.1. The van der Waals surface area contributed by atoms with Crippen molar-refractivity contribution in [3.05, 3.63) is 78.3 Å². The van der Waals surface area contributed by atoms with Crippen molar-refractivity contribution in [1.29, 1.82) is 0 Å². The quantitative estimate of drug-likeness (QED) is 0.568. The number of halogens is 1. The van der Waals surface area contributed by atoms with Crippen LogP contribution in [-0.2, 0) is 19.9 Å². The molecule has 0 N–H and O–H groups in total. The summed E-state index contributed by atoms with van der Waals surface area (Å²) in [6.45, 7) is 0. The number of aryl methyl sites for hydroxylation is 3. The van der Waals surface area contributed by atoms with Crippen LogP contribution in [-0.4, -0.2) is 19.5 Å². The van der Waals surface area contributed by atoms with Gasteiger partial charge in [0, 0.05) is 31.4 Å². The molecule has 0 aliphatic rings. The standard InChI is InChI=1S/C20H17FN4/c1-25-13-19(14-5-4-6-15(21)11-14)24-20(25)10-9-16-12-22-17-7-2-3-8-18(17)23-16/h2-8,11-13H,9-10H2,1H3. The van der Waals surface area contributed by atoms with Gasteiger partial charge in [0.25, 0.3) is 0 Å². The zero-order chi connectivity index (χ0) is 17.2. The van der Waals surface area contributed by atoms with E-state index < -0.39 is 0 Å². The number of para-hydroxylation sites is 2. The van der Waals surface area contributed by atoms with Gasteiger partial charge in [-0.05, 0) is 30.7 Å². The van der Waals surface area contributed by atoms with Crippen LogP contribution in [0.5, 0.6) is 0 Å². The van der Waals surface area contributed by atoms with E-state index >= 15 is 0 Å². The smallest absolute Gasteiger partial charge is 0.123 e. The van der Waals surface area contributed by atoms with Crippen molar-refractivity contribution in [3.8, 4) is 11.3 Å². The Kier molecular flexibility index (Phi) is 3.98. The Labute approximate surface area is 145 Å². The van der Waals surface area contributed by atoms with E-state index in [1.165, 1.54) is 12.1 Å². The Morgan fingerprint density at radius 3 is 2.64 bits per heavy atom. The van der Waals surface area contributed by atoms with Crippen molar-refractivity contribution in [2.45, 2.75) is 12.8 Å². The second-order valence-electron chi connectivity index (χ2n) is 6.01. The summed E-state index contributed by atoms with van der Waals surface area (Å²) in [5.74, 6) is 0.686. The number of nitrogens with zero attached hydrogens (tertiary/aromatic N) is 4. The van der Waals surface area contributed by atoms with E-state index in [9.17, 15) is 4.39 Å². The minimum absolute atomic E-state index is 0.254. The predicted molar refractivity (Wildman–Crippen MR) is 95.5 cm³/mol. The van der Waals surface area contributed by atoms with Crippen LogP contribution in [0.3, 0.4) is 0 Å². The van der Waals surface area contributed by atoms with Crippen molar-refractivity contribution in [2.24, 2.45) is 7.05 Å². The summed E-state index contributed by atoms with van der Waals surface area (Å²) in [6.07, 6.45) is 5.25. The van der Waals surface area contributed by atoms with E-state index in [2.05, 4.69) is 15.0 Å². The molecule has 0 bridgehead atoms. The molecule has 0 fully saturated rings. The molecule has 25 heavy (non-hydrogen) atoms. The molecule has 4 aromatic rings. The zero-order valence-electron chi connectivity index (χ0n) is 13.9. The molecule has 5 heteroatoms. The number of imidazole rings is 1. The molecule has 4 nitrogen and oxygen atoms in total. The van der Waals surface area contributed by atoms with Gasteiger partial charge in [-0.1, -0.05) is 24.3 Å². The third kappa shape index (κ3) is 3.26. The van der Waals surface area contributed by atoms with Gasteiger partial charge in [0.2, 0.25) is 0 Å². The molecular weight excluding hydrogens is 315 g/mol. The average Bonchev–Trinajstić information content (AvgIpc) is 3.01. The Morgan fingerprint density at radius 1 is 0.960 bits per heavy atom. The molecular formula is C20H17FN4. The minimum Gasteiger partial charge on any atom is -0.337 e. The van der Waals surface area contributed by atoms with E-state index in [4.69, 9.17) is 0 Å². The van der Waals surface area contributed by atoms with E-state index in [1.807, 2.05) is 54.3 Å². The predicted octanol–water partition coefficient (Wildman–Crippen LogP) is 3.95. The monoisotopic (exact) mass is 332 g/mol. The first-order valence-corrected chi connectivity index (χ1v) is 8.18. The third-order valence-electron chi connectivity index (χ3n) is 4.20. The number of hydrogen-bond acceptors (Lipinski definition) is 3. The molecule has 0 atom stereocenters. The molecule has 0 spiro atoms. The Hall–Kier alpha value is -3.08. The summed E-state index contributed by atoms with van der Waals surface area (Å²) in [4.78, 5) is 13.7. The second kappa shape index (κ2) is 6.43. The van der Waals surface area contributed by atoms with Crippen molar-refractivity contribution in [1.82, 2.24) is 19.5 Å². The molecule has 124 valence electrons. The third-order valence-corrected chi connectivity index (χ3v) is 4.20. The second-order valence-corrected chi connectivity index (χ2v) is 6.01. The highest BCUT2D eigenvalue weighted by molar-refractivity contribution is 5.73. The first-order valence-electron chi connectivity index (χ1n) is 8.18. The van der Waals surface area contributed by atoms with Gasteiger partial charge in [-0.15, -0.1) is 0 Å². The number of fused-ring (bicyclic) bond motifs is 1. The van der Waals surface area contributed by atoms with Crippen LogP contribution >= 0.6 is 0 Å². The largest absolute Gasteiger partial charge is 0.337 e. The summed E-state index contributed by atoms with van der Waals surface area (Å²) in [5.41, 5.74) is 4.31. The summed E-state index contributed by atoms with van der Waals surface area (Å²) < 4.78 is 15.4. The van der Waals surface area contributed by atoms with E-state index in [0.29, 0.717) is 0 Å². The number of hydrogen-bond donors (Lipinski definition) is 0. The summed E-state index contributed by atoms with van der Waals surface area (Å²) in [5, 5.41) is 0. The molecule has 0 radical (unpaired) electrons. The molecule has 2 heterocycles. The Balaban J connectivity index is 1.54. The van der Waals surface area contributed by atoms with E-state index in [0.717, 1.165) is 46.7 Å². The maximum absolute atomic E-state index is 13.4. The molecule has 0 saturated carbocycles. The first kappa shape index (κ1) is 15.4. The maximum atomic E-state index is 13.4. The summed E-state index contributed by atoms with van der Waals surface area (Å²) in [7, 11) is 1.96. The molecule has 0 aliphatic carbocycles. The van der Waals surface area contributed by atoms with Crippen LogP contribution in [0.1, 0.15) is 11.5 Å². The highest BCUT2D eigenvalue weighted by Crippen LogP contribution is 2.20. The molecule has 2 aromatic carbocycles. The highest BCUT2D eigenvalue weighted by Gasteiger charge is 2.09. The fourth-order valence-corrected chi connectivity index (χ4v) is 2.88. The fourth-order valence-electron chi connectivity index (χ4n) is 2.88. The van der Waals surface area contributed by atoms with Crippen LogP contribution in [0.25, 0.3) is 22.3 Å². The molecule has 2 aromatic heterocycles. The van der Waals surface area contributed by atoms with Crippen LogP contribution < -0.4 is 0 Å². The van der Waals surface area contributed by atoms with Crippen LogP contribution in [0.4, 0.5) is 4.39 Å². The zero-order valence-corrected chi connectivity index (χ0v) is 13.9. The van der Waals surface area contributed by atoms with Crippen LogP contribution in [0.2, 0.25) is 0 Å². The lowest BCUT2D eigenvalue weighted by Crippen LogP contribution is -2.02. The topological polar surface area (TPSA) is 43.6 Å². The number of aromatic nitrogens is 4. The van der Waals surface area contributed by atoms with E-state index in [-0.39, 0.29) is 5.82 Å². The molecule has 0 saturated heterocycles. The summed E-state index contributed by atoms with van der Waals surface area (Å²) >= 11 is 0. The Morgan fingerprint density at radius 2 is 1.80 bits per heavy atom. The number of benzene rings is 2. The van der Waals surface area contributed by atoms with Gasteiger partial charge in [-0.25, -0.2) is 14.4 Å². The van der Waals surface area contributed by atoms with Gasteiger partial charge in [-0.3, -0.25) is 4.98 Å². The number of rotatable bonds is 4. The lowest BCUT2D eigenvalue weighted by Gasteiger charge is -2.03. The van der Waals surface area contributed by atoms with Gasteiger partial charge < -0.3 is 4.57 Å².